The van der Waals surface area contributed by atoms with Gasteiger partial charge in [-0.3, -0.25) is 10.1 Å². The molecule has 0 N–H and O–H groups in total. The highest BCUT2D eigenvalue weighted by Crippen LogP contribution is 2.30. The first-order valence-corrected chi connectivity index (χ1v) is 5.63. The van der Waals surface area contributed by atoms with E-state index in [9.17, 15) is 10.1 Å². The van der Waals surface area contributed by atoms with Gasteiger partial charge in [0.05, 0.1) is 21.5 Å². The molecule has 0 aliphatic carbocycles. The van der Waals surface area contributed by atoms with E-state index in [1.807, 2.05) is 14.1 Å². The SMILES string of the molecule is CN(C)C=Nc1nc2cc([N+](=O)[O-])ccc2s1. The molecule has 17 heavy (non-hydrogen) atoms. The maximum Gasteiger partial charge on any atom is 0.271 e. The average Bonchev–Trinajstić information content (AvgIpc) is 2.67. The van der Waals surface area contributed by atoms with Gasteiger partial charge in [-0.2, -0.15) is 0 Å². The van der Waals surface area contributed by atoms with E-state index in [0.29, 0.717) is 10.6 Å². The van der Waals surface area contributed by atoms with Crippen molar-refractivity contribution in [2.24, 2.45) is 4.99 Å². The second kappa shape index (κ2) is 4.46. The Bertz CT molecular complexity index is 591. The van der Waals surface area contributed by atoms with E-state index in [1.54, 1.807) is 17.3 Å². The highest BCUT2D eigenvalue weighted by Gasteiger charge is 2.09. The van der Waals surface area contributed by atoms with Crippen molar-refractivity contribution >= 4 is 38.7 Å². The molecule has 2 rings (SSSR count). The van der Waals surface area contributed by atoms with E-state index in [-0.39, 0.29) is 5.69 Å². The molecule has 88 valence electrons. The lowest BCUT2D eigenvalue weighted by molar-refractivity contribution is -0.384. The molecule has 6 nitrogen and oxygen atoms in total. The molecular weight excluding hydrogens is 240 g/mol. The average molecular weight is 250 g/mol. The first-order chi connectivity index (χ1) is 8.06. The molecule has 0 radical (unpaired) electrons. The van der Waals surface area contributed by atoms with Gasteiger partial charge in [-0.1, -0.05) is 11.3 Å². The quantitative estimate of drug-likeness (QED) is 0.363. The van der Waals surface area contributed by atoms with Crippen LogP contribution in [0.3, 0.4) is 0 Å². The number of thiazole rings is 1. The molecule has 0 fully saturated rings. The van der Waals surface area contributed by atoms with Crippen molar-refractivity contribution in [2.45, 2.75) is 0 Å². The standard InChI is InChI=1S/C10H10N4O2S/c1-13(2)6-11-10-12-8-5-7(14(15)16)3-4-9(8)17-10/h3-6H,1-2H3. The number of hydrogen-bond acceptors (Lipinski definition) is 5. The molecule has 0 saturated heterocycles. The molecule has 0 bridgehead atoms. The van der Waals surface area contributed by atoms with Gasteiger partial charge in [-0.25, -0.2) is 9.98 Å². The number of aromatic nitrogens is 1. The fraction of sp³-hybridized carbons (Fsp3) is 0.200. The van der Waals surface area contributed by atoms with Crippen LogP contribution in [0, 0.1) is 10.1 Å². The Balaban J connectivity index is 2.40. The van der Waals surface area contributed by atoms with Crippen LogP contribution in [0.15, 0.2) is 23.2 Å². The van der Waals surface area contributed by atoms with Crippen LogP contribution < -0.4 is 0 Å². The van der Waals surface area contributed by atoms with Gasteiger partial charge in [0.15, 0.2) is 0 Å². The van der Waals surface area contributed by atoms with E-state index in [2.05, 4.69) is 9.98 Å². The van der Waals surface area contributed by atoms with Crippen LogP contribution in [0.25, 0.3) is 10.2 Å². The Morgan fingerprint density at radius 3 is 2.94 bits per heavy atom. The van der Waals surface area contributed by atoms with Gasteiger partial charge in [0.1, 0.15) is 0 Å². The zero-order valence-corrected chi connectivity index (χ0v) is 10.1. The molecule has 0 aliphatic rings. The number of fused-ring (bicyclic) bond motifs is 1. The Hall–Kier alpha value is -2.02. The topological polar surface area (TPSA) is 71.6 Å². The molecule has 0 unspecified atom stereocenters. The second-order valence-corrected chi connectivity index (χ2v) is 4.62. The van der Waals surface area contributed by atoms with Crippen molar-refractivity contribution in [1.29, 1.82) is 0 Å². The lowest BCUT2D eigenvalue weighted by atomic mass is 10.3. The van der Waals surface area contributed by atoms with Crippen molar-refractivity contribution in [2.75, 3.05) is 14.1 Å². The van der Waals surface area contributed by atoms with Crippen molar-refractivity contribution in [3.63, 3.8) is 0 Å². The summed E-state index contributed by atoms with van der Waals surface area (Å²) >= 11 is 1.40. The molecule has 1 aromatic carbocycles. The number of nitro groups is 1. The first kappa shape index (κ1) is 11.5. The first-order valence-electron chi connectivity index (χ1n) is 4.82. The number of aliphatic imine (C=N–C) groups is 1. The van der Waals surface area contributed by atoms with Crippen molar-refractivity contribution in [1.82, 2.24) is 9.88 Å². The Kier molecular flexibility index (Phi) is 3.01. The normalized spacial score (nSPS) is 11.2. The predicted molar refractivity (Wildman–Crippen MR) is 68.1 cm³/mol. The van der Waals surface area contributed by atoms with Crippen LogP contribution in [0.1, 0.15) is 0 Å². The van der Waals surface area contributed by atoms with Crippen molar-refractivity contribution in [3.8, 4) is 0 Å². The Morgan fingerprint density at radius 1 is 1.53 bits per heavy atom. The molecule has 2 aromatic rings. The molecule has 7 heteroatoms. The van der Waals surface area contributed by atoms with Crippen molar-refractivity contribution in [3.05, 3.63) is 28.3 Å². The van der Waals surface area contributed by atoms with Gasteiger partial charge in [0.25, 0.3) is 5.69 Å². The van der Waals surface area contributed by atoms with Gasteiger partial charge in [-0.05, 0) is 6.07 Å². The molecular formula is C10H10N4O2S. The number of rotatable bonds is 3. The van der Waals surface area contributed by atoms with Crippen LogP contribution in [0.2, 0.25) is 0 Å². The van der Waals surface area contributed by atoms with E-state index in [1.165, 1.54) is 23.5 Å². The lowest BCUT2D eigenvalue weighted by Crippen LogP contribution is -2.06. The zero-order chi connectivity index (χ0) is 12.4. The number of hydrogen-bond donors (Lipinski definition) is 0. The number of nitro benzene ring substituents is 1. The predicted octanol–water partition coefficient (Wildman–Crippen LogP) is 2.43. The van der Waals surface area contributed by atoms with Gasteiger partial charge in [-0.15, -0.1) is 0 Å². The minimum absolute atomic E-state index is 0.0472. The van der Waals surface area contributed by atoms with Gasteiger partial charge >= 0.3 is 0 Å². The maximum absolute atomic E-state index is 10.6. The molecule has 0 amide bonds. The maximum atomic E-state index is 10.6. The van der Waals surface area contributed by atoms with E-state index in [4.69, 9.17) is 0 Å². The summed E-state index contributed by atoms with van der Waals surface area (Å²) < 4.78 is 0.890. The van der Waals surface area contributed by atoms with Crippen molar-refractivity contribution < 1.29 is 4.92 Å². The van der Waals surface area contributed by atoms with Crippen LogP contribution in [-0.2, 0) is 0 Å². The molecule has 0 saturated carbocycles. The van der Waals surface area contributed by atoms with Gasteiger partial charge in [0, 0.05) is 26.2 Å². The highest BCUT2D eigenvalue weighted by atomic mass is 32.1. The van der Waals surface area contributed by atoms with Gasteiger partial charge in [0.2, 0.25) is 5.13 Å². The van der Waals surface area contributed by atoms with Crippen LogP contribution in [-0.4, -0.2) is 35.2 Å². The summed E-state index contributed by atoms with van der Waals surface area (Å²) in [4.78, 5) is 20.4. The van der Waals surface area contributed by atoms with Gasteiger partial charge < -0.3 is 4.90 Å². The summed E-state index contributed by atoms with van der Waals surface area (Å²) in [5.41, 5.74) is 0.654. The molecule has 0 spiro atoms. The summed E-state index contributed by atoms with van der Waals surface area (Å²) in [6, 6.07) is 4.63. The Morgan fingerprint density at radius 2 is 2.29 bits per heavy atom. The smallest absolute Gasteiger partial charge is 0.271 e. The fourth-order valence-corrected chi connectivity index (χ4v) is 2.02. The summed E-state index contributed by atoms with van der Waals surface area (Å²) in [5.74, 6) is 0. The Labute approximate surface area is 101 Å². The summed E-state index contributed by atoms with van der Waals surface area (Å²) in [7, 11) is 3.73. The molecule has 1 aromatic heterocycles. The van der Waals surface area contributed by atoms with Crippen LogP contribution in [0.4, 0.5) is 10.8 Å². The third-order valence-electron chi connectivity index (χ3n) is 1.97. The summed E-state index contributed by atoms with van der Waals surface area (Å²) in [5, 5.41) is 11.2. The molecule has 0 aliphatic heterocycles. The second-order valence-electron chi connectivity index (χ2n) is 3.61. The number of non-ortho nitro benzene ring substituents is 1. The highest BCUT2D eigenvalue weighted by molar-refractivity contribution is 7.22. The third kappa shape index (κ3) is 2.56. The fourth-order valence-electron chi connectivity index (χ4n) is 1.24. The molecule has 0 atom stereocenters. The largest absolute Gasteiger partial charge is 0.369 e. The number of nitrogens with zero attached hydrogens (tertiary/aromatic N) is 4. The monoisotopic (exact) mass is 250 g/mol. The van der Waals surface area contributed by atoms with E-state index >= 15 is 0 Å². The van der Waals surface area contributed by atoms with Crippen LogP contribution in [0.5, 0.6) is 0 Å². The molecule has 1 heterocycles. The minimum Gasteiger partial charge on any atom is -0.369 e. The number of benzene rings is 1. The van der Waals surface area contributed by atoms with E-state index < -0.39 is 4.92 Å². The summed E-state index contributed by atoms with van der Waals surface area (Å²) in [6.45, 7) is 0. The minimum atomic E-state index is -0.429. The lowest BCUT2D eigenvalue weighted by Gasteiger charge is -1.99. The summed E-state index contributed by atoms with van der Waals surface area (Å²) in [6.07, 6.45) is 1.64. The third-order valence-corrected chi connectivity index (χ3v) is 2.91. The zero-order valence-electron chi connectivity index (χ0n) is 9.32. The van der Waals surface area contributed by atoms with E-state index in [0.717, 1.165) is 4.70 Å². The van der Waals surface area contributed by atoms with Crippen LogP contribution >= 0.6 is 11.3 Å².